The van der Waals surface area contributed by atoms with E-state index in [-0.39, 0.29) is 17.9 Å². The summed E-state index contributed by atoms with van der Waals surface area (Å²) < 4.78 is 0. The van der Waals surface area contributed by atoms with Crippen LogP contribution in [-0.4, -0.2) is 5.91 Å². The van der Waals surface area contributed by atoms with Gasteiger partial charge in [0.05, 0.1) is 0 Å². The van der Waals surface area contributed by atoms with Gasteiger partial charge in [0.2, 0.25) is 5.91 Å². The van der Waals surface area contributed by atoms with Gasteiger partial charge in [0.15, 0.2) is 0 Å². The van der Waals surface area contributed by atoms with Crippen molar-refractivity contribution in [3.63, 3.8) is 0 Å². The third-order valence-corrected chi connectivity index (χ3v) is 4.18. The van der Waals surface area contributed by atoms with Gasteiger partial charge < -0.3 is 10.6 Å². The second-order valence-electron chi connectivity index (χ2n) is 5.73. The van der Waals surface area contributed by atoms with Crippen LogP contribution in [0.3, 0.4) is 0 Å². The molecule has 0 spiro atoms. The molecule has 1 atom stereocenters. The minimum atomic E-state index is 0.0862. The van der Waals surface area contributed by atoms with Gasteiger partial charge in [-0.05, 0) is 49.6 Å². The Balaban J connectivity index is 1.69. The number of hydrogen-bond acceptors (Lipinski definition) is 2. The Hall–Kier alpha value is -2.00. The quantitative estimate of drug-likeness (QED) is 0.827. The Kier molecular flexibility index (Phi) is 4.34. The van der Waals surface area contributed by atoms with Crippen LogP contribution in [-0.2, 0) is 4.79 Å². The molecule has 1 saturated carbocycles. The lowest BCUT2D eigenvalue weighted by Crippen LogP contribution is -2.13. The summed E-state index contributed by atoms with van der Waals surface area (Å²) in [4.78, 5) is 11.8. The van der Waals surface area contributed by atoms with Crippen LogP contribution in [0.15, 0.2) is 48.5 Å². The highest BCUT2D eigenvalue weighted by molar-refractivity contribution is 6.31. The van der Waals surface area contributed by atoms with E-state index in [1.807, 2.05) is 48.5 Å². The second-order valence-corrected chi connectivity index (χ2v) is 6.14. The molecule has 3 rings (SSSR count). The highest BCUT2D eigenvalue weighted by Crippen LogP contribution is 2.31. The lowest BCUT2D eigenvalue weighted by atomic mass is 10.1. The summed E-state index contributed by atoms with van der Waals surface area (Å²) in [6.07, 6.45) is 2.01. The van der Waals surface area contributed by atoms with E-state index < -0.39 is 0 Å². The maximum absolute atomic E-state index is 11.8. The molecule has 0 heterocycles. The Morgan fingerprint density at radius 1 is 1.14 bits per heavy atom. The summed E-state index contributed by atoms with van der Waals surface area (Å²) in [5, 5.41) is 7.14. The normalized spacial score (nSPS) is 15.2. The predicted molar refractivity (Wildman–Crippen MR) is 91.3 cm³/mol. The molecule has 0 aromatic heterocycles. The largest absolute Gasteiger partial charge is 0.378 e. The fraction of sp³-hybridized carbons (Fsp3) is 0.278. The van der Waals surface area contributed by atoms with Crippen LogP contribution in [0, 0.1) is 5.92 Å². The van der Waals surface area contributed by atoms with E-state index in [4.69, 9.17) is 11.6 Å². The van der Waals surface area contributed by atoms with Crippen molar-refractivity contribution in [1.82, 2.24) is 0 Å². The number of benzene rings is 2. The van der Waals surface area contributed by atoms with Gasteiger partial charge in [0.25, 0.3) is 0 Å². The summed E-state index contributed by atoms with van der Waals surface area (Å²) in [6, 6.07) is 15.7. The molecule has 2 aromatic rings. The maximum atomic E-state index is 11.8. The highest BCUT2D eigenvalue weighted by atomic mass is 35.5. The SMILES string of the molecule is CC(Nc1cccc(NC(=O)C2CC2)c1)c1ccccc1Cl. The van der Waals surface area contributed by atoms with Crippen molar-refractivity contribution in [2.75, 3.05) is 10.6 Å². The molecule has 4 heteroatoms. The number of nitrogens with one attached hydrogen (secondary N) is 2. The maximum Gasteiger partial charge on any atom is 0.227 e. The number of carbonyl (C=O) groups excluding carboxylic acids is 1. The average molecular weight is 315 g/mol. The molecular weight excluding hydrogens is 296 g/mol. The molecule has 1 unspecified atom stereocenters. The third-order valence-electron chi connectivity index (χ3n) is 3.83. The standard InChI is InChI=1S/C18H19ClN2O/c1-12(16-7-2-3-8-17(16)19)20-14-5-4-6-15(11-14)21-18(22)13-9-10-13/h2-8,11-13,20H,9-10H2,1H3,(H,21,22). The molecule has 0 saturated heterocycles. The lowest BCUT2D eigenvalue weighted by molar-refractivity contribution is -0.117. The molecular formula is C18H19ClN2O. The molecule has 3 nitrogen and oxygen atoms in total. The Morgan fingerprint density at radius 2 is 1.86 bits per heavy atom. The van der Waals surface area contributed by atoms with Crippen LogP contribution in [0.1, 0.15) is 31.4 Å². The van der Waals surface area contributed by atoms with E-state index in [0.29, 0.717) is 0 Å². The molecule has 2 N–H and O–H groups in total. The van der Waals surface area contributed by atoms with Gasteiger partial charge in [-0.1, -0.05) is 35.9 Å². The Labute approximate surface area is 135 Å². The first-order valence-corrected chi connectivity index (χ1v) is 7.93. The first-order chi connectivity index (χ1) is 10.6. The third kappa shape index (κ3) is 3.60. The average Bonchev–Trinajstić information content (AvgIpc) is 3.32. The first-order valence-electron chi connectivity index (χ1n) is 7.55. The number of carbonyl (C=O) groups is 1. The summed E-state index contributed by atoms with van der Waals surface area (Å²) in [6.45, 7) is 2.07. The van der Waals surface area contributed by atoms with Crippen molar-refractivity contribution in [3.05, 3.63) is 59.1 Å². The van der Waals surface area contributed by atoms with Crippen LogP contribution >= 0.6 is 11.6 Å². The molecule has 0 radical (unpaired) electrons. The van der Waals surface area contributed by atoms with Gasteiger partial charge in [0, 0.05) is 28.4 Å². The van der Waals surface area contributed by atoms with Crippen LogP contribution in [0.4, 0.5) is 11.4 Å². The van der Waals surface area contributed by atoms with E-state index in [2.05, 4.69) is 17.6 Å². The van der Waals surface area contributed by atoms with Crippen molar-refractivity contribution in [2.45, 2.75) is 25.8 Å². The topological polar surface area (TPSA) is 41.1 Å². The van der Waals surface area contributed by atoms with Crippen molar-refractivity contribution < 1.29 is 4.79 Å². The lowest BCUT2D eigenvalue weighted by Gasteiger charge is -2.17. The van der Waals surface area contributed by atoms with Crippen molar-refractivity contribution in [2.24, 2.45) is 5.92 Å². The van der Waals surface area contributed by atoms with E-state index in [0.717, 1.165) is 34.8 Å². The van der Waals surface area contributed by atoms with E-state index >= 15 is 0 Å². The second kappa shape index (κ2) is 6.41. The zero-order chi connectivity index (χ0) is 15.5. The van der Waals surface area contributed by atoms with Crippen molar-refractivity contribution in [3.8, 4) is 0 Å². The molecule has 0 aliphatic heterocycles. The molecule has 2 aromatic carbocycles. The van der Waals surface area contributed by atoms with Gasteiger partial charge in [-0.15, -0.1) is 0 Å². The van der Waals surface area contributed by atoms with Crippen LogP contribution in [0.2, 0.25) is 5.02 Å². The number of hydrogen-bond donors (Lipinski definition) is 2. The zero-order valence-corrected chi connectivity index (χ0v) is 13.2. The molecule has 1 aliphatic carbocycles. The van der Waals surface area contributed by atoms with Gasteiger partial charge >= 0.3 is 0 Å². The summed E-state index contributed by atoms with van der Waals surface area (Å²) in [5.74, 6) is 0.329. The Bertz CT molecular complexity index is 682. The monoisotopic (exact) mass is 314 g/mol. The summed E-state index contributed by atoms with van der Waals surface area (Å²) >= 11 is 6.23. The Morgan fingerprint density at radius 3 is 2.59 bits per heavy atom. The smallest absolute Gasteiger partial charge is 0.227 e. The fourth-order valence-corrected chi connectivity index (χ4v) is 2.73. The molecule has 1 amide bonds. The van der Waals surface area contributed by atoms with E-state index in [9.17, 15) is 4.79 Å². The van der Waals surface area contributed by atoms with Gasteiger partial charge in [-0.2, -0.15) is 0 Å². The molecule has 114 valence electrons. The van der Waals surface area contributed by atoms with Crippen molar-refractivity contribution in [1.29, 1.82) is 0 Å². The van der Waals surface area contributed by atoms with E-state index in [1.54, 1.807) is 0 Å². The summed E-state index contributed by atoms with van der Waals surface area (Å²) in [7, 11) is 0. The summed E-state index contributed by atoms with van der Waals surface area (Å²) in [5.41, 5.74) is 2.84. The zero-order valence-electron chi connectivity index (χ0n) is 12.5. The first kappa shape index (κ1) is 14.9. The predicted octanol–water partition coefficient (Wildman–Crippen LogP) is 4.86. The number of rotatable bonds is 5. The van der Waals surface area contributed by atoms with Gasteiger partial charge in [-0.25, -0.2) is 0 Å². The minimum Gasteiger partial charge on any atom is -0.378 e. The molecule has 0 bridgehead atoms. The molecule has 1 aliphatic rings. The van der Waals surface area contributed by atoms with Crippen LogP contribution in [0.25, 0.3) is 0 Å². The number of anilines is 2. The van der Waals surface area contributed by atoms with Crippen LogP contribution < -0.4 is 10.6 Å². The molecule has 22 heavy (non-hydrogen) atoms. The van der Waals surface area contributed by atoms with E-state index in [1.165, 1.54) is 0 Å². The molecule has 1 fully saturated rings. The number of halogens is 1. The van der Waals surface area contributed by atoms with Gasteiger partial charge in [0.1, 0.15) is 0 Å². The van der Waals surface area contributed by atoms with Crippen molar-refractivity contribution >= 4 is 28.9 Å². The van der Waals surface area contributed by atoms with Gasteiger partial charge in [-0.3, -0.25) is 4.79 Å². The fourth-order valence-electron chi connectivity index (χ4n) is 2.43. The van der Waals surface area contributed by atoms with Crippen LogP contribution in [0.5, 0.6) is 0 Å². The minimum absolute atomic E-state index is 0.0862. The highest BCUT2D eigenvalue weighted by Gasteiger charge is 2.29. The number of amides is 1.